The van der Waals surface area contributed by atoms with E-state index >= 15 is 0 Å². The lowest BCUT2D eigenvalue weighted by Gasteiger charge is -1.94. The van der Waals surface area contributed by atoms with Crippen molar-refractivity contribution in [2.24, 2.45) is 0 Å². The summed E-state index contributed by atoms with van der Waals surface area (Å²) < 4.78 is 41.0. The van der Waals surface area contributed by atoms with Gasteiger partial charge in [-0.1, -0.05) is 4.98 Å². The summed E-state index contributed by atoms with van der Waals surface area (Å²) in [5, 5.41) is 0. The molecule has 1 heterocycles. The third-order valence-corrected chi connectivity index (χ3v) is 1.03. The predicted molar refractivity (Wildman–Crippen MR) is 40.3 cm³/mol. The summed E-state index contributed by atoms with van der Waals surface area (Å²) in [6.45, 7) is 3.08. The highest BCUT2D eigenvalue weighted by molar-refractivity contribution is 6.50. The van der Waals surface area contributed by atoms with Crippen LogP contribution in [0.2, 0.25) is 0 Å². The first-order valence-electron chi connectivity index (χ1n) is 3.60. The SMILES string of the molecule is CC[n+]1cccnc1.F[B-](F)(F)F. The van der Waals surface area contributed by atoms with E-state index in [4.69, 9.17) is 0 Å². The Kier molecular flexibility index (Phi) is 5.02. The van der Waals surface area contributed by atoms with E-state index in [1.807, 2.05) is 16.8 Å². The zero-order valence-electron chi connectivity index (χ0n) is 7.00. The van der Waals surface area contributed by atoms with E-state index < -0.39 is 7.25 Å². The van der Waals surface area contributed by atoms with Crippen molar-refractivity contribution >= 4 is 7.25 Å². The van der Waals surface area contributed by atoms with E-state index in [0.29, 0.717) is 0 Å². The first kappa shape index (κ1) is 11.9. The van der Waals surface area contributed by atoms with Gasteiger partial charge in [-0.05, 0) is 6.92 Å². The van der Waals surface area contributed by atoms with Gasteiger partial charge >= 0.3 is 7.25 Å². The molecule has 74 valence electrons. The van der Waals surface area contributed by atoms with E-state index in [2.05, 4.69) is 11.9 Å². The molecule has 7 heteroatoms. The Labute approximate surface area is 73.3 Å². The van der Waals surface area contributed by atoms with Gasteiger partial charge in [-0.2, -0.15) is 0 Å². The normalized spacial score (nSPS) is 10.2. The zero-order chi connectivity index (χ0) is 10.3. The molecule has 1 aromatic rings. The van der Waals surface area contributed by atoms with Crippen LogP contribution in [-0.4, -0.2) is 12.2 Å². The quantitative estimate of drug-likeness (QED) is 0.379. The van der Waals surface area contributed by atoms with Crippen molar-refractivity contribution in [1.29, 1.82) is 0 Å². The maximum Gasteiger partial charge on any atom is 0.673 e. The van der Waals surface area contributed by atoms with Crippen molar-refractivity contribution in [2.75, 3.05) is 0 Å². The predicted octanol–water partition coefficient (Wildman–Crippen LogP) is 1.69. The molecule has 13 heavy (non-hydrogen) atoms. The highest BCUT2D eigenvalue weighted by Gasteiger charge is 2.20. The molecule has 0 N–H and O–H groups in total. The second kappa shape index (κ2) is 5.50. The van der Waals surface area contributed by atoms with Crippen LogP contribution in [0.15, 0.2) is 24.8 Å². The average molecular weight is 196 g/mol. The van der Waals surface area contributed by atoms with Crippen LogP contribution < -0.4 is 4.57 Å². The summed E-state index contributed by atoms with van der Waals surface area (Å²) in [6, 6.07) is 1.92. The molecule has 0 aliphatic heterocycles. The molecule has 0 fully saturated rings. The molecule has 0 atom stereocenters. The van der Waals surface area contributed by atoms with Crippen LogP contribution >= 0.6 is 0 Å². The van der Waals surface area contributed by atoms with Crippen LogP contribution in [0.4, 0.5) is 17.3 Å². The first-order valence-corrected chi connectivity index (χ1v) is 3.60. The number of halogens is 4. The smallest absolute Gasteiger partial charge is 0.418 e. The van der Waals surface area contributed by atoms with Gasteiger partial charge in [-0.25, -0.2) is 4.57 Å². The van der Waals surface area contributed by atoms with Gasteiger partial charge < -0.3 is 17.3 Å². The third-order valence-electron chi connectivity index (χ3n) is 1.03. The molecule has 2 nitrogen and oxygen atoms in total. The average Bonchev–Trinajstić information content (AvgIpc) is 2.03. The van der Waals surface area contributed by atoms with Crippen LogP contribution in [0.3, 0.4) is 0 Å². The molecule has 0 aliphatic rings. The summed E-state index contributed by atoms with van der Waals surface area (Å²) in [6.07, 6.45) is 5.57. The van der Waals surface area contributed by atoms with Crippen LogP contribution in [0.5, 0.6) is 0 Å². The van der Waals surface area contributed by atoms with Gasteiger partial charge in [0, 0.05) is 6.07 Å². The van der Waals surface area contributed by atoms with E-state index in [-0.39, 0.29) is 0 Å². The van der Waals surface area contributed by atoms with Gasteiger partial charge in [0.2, 0.25) is 0 Å². The molecule has 0 spiro atoms. The van der Waals surface area contributed by atoms with Crippen LogP contribution in [-0.2, 0) is 6.54 Å². The number of nitrogens with zero attached hydrogens (tertiary/aromatic N) is 2. The molecule has 0 aromatic carbocycles. The van der Waals surface area contributed by atoms with Gasteiger partial charge in [-0.15, -0.1) is 0 Å². The van der Waals surface area contributed by atoms with Crippen molar-refractivity contribution in [3.8, 4) is 0 Å². The van der Waals surface area contributed by atoms with Gasteiger partial charge in [0.25, 0.3) is 6.33 Å². The molecule has 1 aromatic heterocycles. The Morgan fingerprint density at radius 3 is 2.08 bits per heavy atom. The van der Waals surface area contributed by atoms with Gasteiger partial charge in [-0.3, -0.25) is 0 Å². The highest BCUT2D eigenvalue weighted by Crippen LogP contribution is 2.06. The molecule has 0 unspecified atom stereocenters. The standard InChI is InChI=1S/C6H9N2.BF4/c1-2-8-5-3-4-7-6-8;2-1(3,4)5/h3-6H,2H2,1H3;/q+1;-1. The molecular weight excluding hydrogens is 187 g/mol. The molecule has 0 radical (unpaired) electrons. The van der Waals surface area contributed by atoms with E-state index in [9.17, 15) is 17.3 Å². The monoisotopic (exact) mass is 196 g/mol. The van der Waals surface area contributed by atoms with Gasteiger partial charge in [0.15, 0.2) is 0 Å². The third kappa shape index (κ3) is 10.9. The van der Waals surface area contributed by atoms with E-state index in [0.717, 1.165) is 6.54 Å². The van der Waals surface area contributed by atoms with Crippen molar-refractivity contribution in [3.05, 3.63) is 24.8 Å². The summed E-state index contributed by atoms with van der Waals surface area (Å²) in [5.74, 6) is 0. The van der Waals surface area contributed by atoms with Crippen molar-refractivity contribution in [2.45, 2.75) is 13.5 Å². The fraction of sp³-hybridized carbons (Fsp3) is 0.333. The lowest BCUT2D eigenvalue weighted by Crippen LogP contribution is -2.31. The first-order chi connectivity index (χ1) is 5.93. The highest BCUT2D eigenvalue weighted by atomic mass is 19.5. The minimum atomic E-state index is -6.00. The molecule has 0 saturated heterocycles. The number of hydrogen-bond donors (Lipinski definition) is 0. The Bertz CT molecular complexity index is 220. The molecule has 1 rings (SSSR count). The molecule has 0 amide bonds. The van der Waals surface area contributed by atoms with Gasteiger partial charge in [0.05, 0.1) is 12.7 Å². The van der Waals surface area contributed by atoms with Crippen molar-refractivity contribution < 1.29 is 21.8 Å². The topological polar surface area (TPSA) is 16.8 Å². The van der Waals surface area contributed by atoms with Gasteiger partial charge in [0.1, 0.15) is 6.20 Å². The maximum absolute atomic E-state index is 9.75. The lowest BCUT2D eigenvalue weighted by molar-refractivity contribution is -0.696. The lowest BCUT2D eigenvalue weighted by atomic mass is 10.3. The molecule has 0 bridgehead atoms. The van der Waals surface area contributed by atoms with Crippen LogP contribution in [0.25, 0.3) is 0 Å². The fourth-order valence-electron chi connectivity index (χ4n) is 0.548. The maximum atomic E-state index is 9.75. The zero-order valence-corrected chi connectivity index (χ0v) is 7.00. The number of rotatable bonds is 1. The summed E-state index contributed by atoms with van der Waals surface area (Å²) >= 11 is 0. The summed E-state index contributed by atoms with van der Waals surface area (Å²) in [7, 11) is -6.00. The van der Waals surface area contributed by atoms with Crippen LogP contribution in [0.1, 0.15) is 6.92 Å². The Morgan fingerprint density at radius 2 is 1.85 bits per heavy atom. The molecule has 0 saturated carbocycles. The number of aromatic nitrogens is 2. The number of aryl methyl sites for hydroxylation is 1. The fourth-order valence-corrected chi connectivity index (χ4v) is 0.548. The Morgan fingerprint density at radius 1 is 1.31 bits per heavy atom. The van der Waals surface area contributed by atoms with Crippen molar-refractivity contribution in [3.63, 3.8) is 0 Å². The number of hydrogen-bond acceptors (Lipinski definition) is 1. The van der Waals surface area contributed by atoms with Crippen molar-refractivity contribution in [1.82, 2.24) is 4.98 Å². The second-order valence-electron chi connectivity index (χ2n) is 2.08. The summed E-state index contributed by atoms with van der Waals surface area (Å²) in [4.78, 5) is 3.92. The molecule has 0 aliphatic carbocycles. The molecular formula is C6H9BF4N2. The Balaban J connectivity index is 0.000000252. The second-order valence-corrected chi connectivity index (χ2v) is 2.08. The van der Waals surface area contributed by atoms with E-state index in [1.165, 1.54) is 0 Å². The Hall–Kier alpha value is -1.14. The summed E-state index contributed by atoms with van der Waals surface area (Å²) in [5.41, 5.74) is 0. The minimum Gasteiger partial charge on any atom is -0.418 e. The minimum absolute atomic E-state index is 0.994. The van der Waals surface area contributed by atoms with E-state index in [1.54, 1.807) is 12.5 Å². The van der Waals surface area contributed by atoms with Crippen LogP contribution in [0, 0.1) is 0 Å². The largest absolute Gasteiger partial charge is 0.673 e.